The normalized spacial score (nSPS) is 17.4. The molecule has 8 aromatic rings. The summed E-state index contributed by atoms with van der Waals surface area (Å²) >= 11 is 5.97. The van der Waals surface area contributed by atoms with Gasteiger partial charge in [-0.1, -0.05) is 39.3 Å². The first-order valence-corrected chi connectivity index (χ1v) is 33.8. The predicted octanol–water partition coefficient (Wildman–Crippen LogP) is 6.91. The fourth-order valence-electron chi connectivity index (χ4n) is 9.05. The molecule has 3 aliphatic rings. The first-order valence-electron chi connectivity index (χ1n) is 26.0. The Morgan fingerprint density at radius 2 is 1.11 bits per heavy atom. The number of aromatic nitrogens is 14. The quantitative estimate of drug-likeness (QED) is 0.0614. The van der Waals surface area contributed by atoms with Crippen molar-refractivity contribution in [1.29, 1.82) is 0 Å². The third kappa shape index (κ3) is 12.3. The van der Waals surface area contributed by atoms with Crippen LogP contribution in [0.25, 0.3) is 45.0 Å². The zero-order chi connectivity index (χ0) is 54.0. The molecule has 0 atom stereocenters. The van der Waals surface area contributed by atoms with Crippen LogP contribution in [0.1, 0.15) is 65.5 Å². The Morgan fingerprint density at radius 1 is 0.632 bits per heavy atom. The Kier molecular flexibility index (Phi) is 16.6. The molecule has 0 aliphatic carbocycles. The van der Waals surface area contributed by atoms with Gasteiger partial charge in [0.1, 0.15) is 24.5 Å². The van der Waals surface area contributed by atoms with Gasteiger partial charge in [-0.15, -0.1) is 0 Å². The number of hydrogen-bond acceptors (Lipinski definition) is 16. The molecule has 0 bridgehead atoms. The minimum Gasteiger partial charge on any atom is -0.399 e. The van der Waals surface area contributed by atoms with Gasteiger partial charge in [-0.05, 0) is 89.2 Å². The lowest BCUT2D eigenvalue weighted by atomic mass is 9.81. The molecule has 406 valence electrons. The first kappa shape index (κ1) is 55.3. The van der Waals surface area contributed by atoms with Crippen LogP contribution in [0.3, 0.4) is 0 Å². The molecule has 0 aromatic carbocycles. The van der Waals surface area contributed by atoms with Gasteiger partial charge >= 0.3 is 18.5 Å². The average Bonchev–Trinajstić information content (AvgIpc) is 4.21. The molecular weight excluding hydrogens is 1030 g/mol. The number of hydrogen-bond donors (Lipinski definition) is 0. The van der Waals surface area contributed by atoms with E-state index in [0.29, 0.717) is 73.4 Å². The highest BCUT2D eigenvalue weighted by molar-refractivity contribution is 6.76. The van der Waals surface area contributed by atoms with E-state index < -0.39 is 23.3 Å². The summed E-state index contributed by atoms with van der Waals surface area (Å²) in [6, 6.07) is 5.86. The molecule has 0 radical (unpaired) electrons. The molecule has 3 fully saturated rings. The van der Waals surface area contributed by atoms with Gasteiger partial charge < -0.3 is 28.3 Å². The molecule has 8 aromatic heterocycles. The molecule has 3 saturated heterocycles. The number of rotatable bonds is 14. The van der Waals surface area contributed by atoms with E-state index in [4.69, 9.17) is 44.8 Å². The van der Waals surface area contributed by atoms with Gasteiger partial charge in [0.05, 0.1) is 41.6 Å². The van der Waals surface area contributed by atoms with E-state index in [-0.39, 0.29) is 53.4 Å². The van der Waals surface area contributed by atoms with E-state index in [1.807, 2.05) is 52.2 Å². The van der Waals surface area contributed by atoms with Gasteiger partial charge in [0, 0.05) is 98.1 Å². The smallest absolute Gasteiger partial charge is 0.399 e. The standard InChI is InChI=1S/C22H29N7O3Si.C16H25ClN4O3Si.C12H16BN3O2/c1-33(2,3)12-11-32-15-27-18-14-24-19(17-13-25-28-8-4-7-23-20(17)28)26-21(18)29(22(27)30)16-5-9-31-10-6-16;1-25(2,3)9-8-24-11-20-13-10-18-15(17)19-14(13)21(16(20)22)12-4-6-23-7-5-12;1-11(2)12(3,4)18-13(17-11)9-8-15-16-7-5-6-14-10(9)16/h4,7-8,13-14,16H,5-6,9-12,15H2,1-3H3;10,12H,4-9,11H2,1-3H3;5-8H,1-4H3. The zero-order valence-corrected chi connectivity index (χ0v) is 48.1. The van der Waals surface area contributed by atoms with Crippen molar-refractivity contribution >= 4 is 74.0 Å². The summed E-state index contributed by atoms with van der Waals surface area (Å²) in [5.74, 6) is 0.494. The van der Waals surface area contributed by atoms with Gasteiger partial charge in [0.2, 0.25) is 5.28 Å². The predicted molar refractivity (Wildman–Crippen MR) is 296 cm³/mol. The molecule has 0 spiro atoms. The molecule has 76 heavy (non-hydrogen) atoms. The maximum absolute atomic E-state index is 13.5. The number of halogens is 1. The average molecular weight is 1100 g/mol. The van der Waals surface area contributed by atoms with E-state index in [2.05, 4.69) is 74.4 Å². The minimum atomic E-state index is -1.22. The SMILES string of the molecule is CC1(C)OB(c2cnn3cccnc23)OC1(C)C.C[Si](C)(C)CCOCn1c(=O)n(C2CCOCC2)c2nc(-c3cnn4cccnc34)ncc21.C[Si](C)(C)CCOCn1c(=O)n(C2CCOCC2)c2nc(Cl)ncc21. The van der Waals surface area contributed by atoms with Crippen LogP contribution in [0.4, 0.5) is 0 Å². The number of nitrogens with zero attached hydrogens (tertiary/aromatic N) is 14. The fraction of sp³-hybridized carbons (Fsp3) is 0.560. The Balaban J connectivity index is 0.000000146. The molecule has 22 nitrogen and oxygen atoms in total. The van der Waals surface area contributed by atoms with E-state index >= 15 is 0 Å². The summed E-state index contributed by atoms with van der Waals surface area (Å²) in [7, 11) is -2.79. The lowest BCUT2D eigenvalue weighted by Gasteiger charge is -2.32. The van der Waals surface area contributed by atoms with Crippen molar-refractivity contribution in [2.45, 2.75) is 141 Å². The highest BCUT2D eigenvalue weighted by Crippen LogP contribution is 2.37. The highest BCUT2D eigenvalue weighted by atomic mass is 35.5. The van der Waals surface area contributed by atoms with Gasteiger partial charge in [0.15, 0.2) is 28.4 Å². The molecule has 11 heterocycles. The van der Waals surface area contributed by atoms with Crippen LogP contribution in [0.15, 0.2) is 71.3 Å². The van der Waals surface area contributed by atoms with Crippen molar-refractivity contribution < 1.29 is 28.3 Å². The molecule has 0 unspecified atom stereocenters. The van der Waals surface area contributed by atoms with Crippen LogP contribution in [0.5, 0.6) is 0 Å². The molecule has 26 heteroatoms. The second-order valence-electron chi connectivity index (χ2n) is 22.8. The minimum absolute atomic E-state index is 0.0294. The number of ether oxygens (including phenoxy) is 4. The summed E-state index contributed by atoms with van der Waals surface area (Å²) in [6.45, 7) is 26.2. The summed E-state index contributed by atoms with van der Waals surface area (Å²) in [5.41, 5.74) is 4.63. The molecule has 0 N–H and O–H groups in total. The van der Waals surface area contributed by atoms with Crippen LogP contribution < -0.4 is 16.8 Å². The Morgan fingerprint density at radius 3 is 1.63 bits per heavy atom. The van der Waals surface area contributed by atoms with E-state index in [0.717, 1.165) is 54.4 Å². The third-order valence-electron chi connectivity index (χ3n) is 14.3. The maximum Gasteiger partial charge on any atom is 0.500 e. The van der Waals surface area contributed by atoms with E-state index in [1.54, 1.807) is 64.5 Å². The van der Waals surface area contributed by atoms with Crippen molar-refractivity contribution in [3.05, 3.63) is 88.0 Å². The van der Waals surface area contributed by atoms with Crippen LogP contribution >= 0.6 is 11.6 Å². The number of imidazole rings is 2. The van der Waals surface area contributed by atoms with Crippen LogP contribution in [-0.2, 0) is 41.7 Å². The topological polar surface area (TPSA) is 221 Å². The van der Waals surface area contributed by atoms with Gasteiger partial charge in [-0.3, -0.25) is 18.3 Å². The van der Waals surface area contributed by atoms with Crippen molar-refractivity contribution in [2.75, 3.05) is 39.6 Å². The Labute approximate surface area is 448 Å². The zero-order valence-electron chi connectivity index (χ0n) is 45.3. The van der Waals surface area contributed by atoms with Crippen molar-refractivity contribution in [3.8, 4) is 11.4 Å². The lowest BCUT2D eigenvalue weighted by molar-refractivity contribution is 0.00578. The monoisotopic (exact) mass is 1100 g/mol. The summed E-state index contributed by atoms with van der Waals surface area (Å²) in [5, 5.41) is 8.74. The van der Waals surface area contributed by atoms with Crippen molar-refractivity contribution in [2.24, 2.45) is 0 Å². The van der Waals surface area contributed by atoms with Crippen LogP contribution in [0, 0.1) is 0 Å². The summed E-state index contributed by atoms with van der Waals surface area (Å²) in [4.78, 5) is 53.0. The van der Waals surface area contributed by atoms with E-state index in [1.165, 1.54) is 0 Å². The molecule has 11 rings (SSSR count). The van der Waals surface area contributed by atoms with Crippen LogP contribution in [-0.4, -0.2) is 142 Å². The largest absolute Gasteiger partial charge is 0.500 e. The Bertz CT molecular complexity index is 3390. The lowest BCUT2D eigenvalue weighted by Crippen LogP contribution is -2.41. The summed E-state index contributed by atoms with van der Waals surface area (Å²) in [6.07, 6.45) is 17.0. The molecule has 0 saturated carbocycles. The fourth-order valence-corrected chi connectivity index (χ4v) is 10.7. The second kappa shape index (κ2) is 22.8. The first-order chi connectivity index (χ1) is 36.2. The van der Waals surface area contributed by atoms with Crippen LogP contribution in [0.2, 0.25) is 56.7 Å². The van der Waals surface area contributed by atoms with Gasteiger partial charge in [0.25, 0.3) is 0 Å². The van der Waals surface area contributed by atoms with Crippen molar-refractivity contribution in [1.82, 2.24) is 67.4 Å². The second-order valence-corrected chi connectivity index (χ2v) is 34.4. The Hall–Kier alpha value is -5.51. The number of fused-ring (bicyclic) bond motifs is 4. The maximum atomic E-state index is 13.5. The summed E-state index contributed by atoms with van der Waals surface area (Å²) < 4.78 is 44.8. The van der Waals surface area contributed by atoms with Gasteiger partial charge in [-0.25, -0.2) is 43.5 Å². The molecule has 0 amide bonds. The molecule has 3 aliphatic heterocycles. The highest BCUT2D eigenvalue weighted by Gasteiger charge is 2.52. The third-order valence-corrected chi connectivity index (χ3v) is 17.9. The van der Waals surface area contributed by atoms with Crippen molar-refractivity contribution in [3.63, 3.8) is 0 Å². The molecular formula is C50H70BClN14O8Si2. The van der Waals surface area contributed by atoms with Gasteiger partial charge in [-0.2, -0.15) is 15.2 Å². The van der Waals surface area contributed by atoms with E-state index in [9.17, 15) is 9.59 Å².